The van der Waals surface area contributed by atoms with Crippen molar-refractivity contribution in [1.29, 1.82) is 0 Å². The van der Waals surface area contributed by atoms with Gasteiger partial charge in [0, 0.05) is 6.54 Å². The number of halogens is 2. The monoisotopic (exact) mass is 395 g/mol. The molecule has 0 spiro atoms. The highest BCUT2D eigenvalue weighted by molar-refractivity contribution is 6.42. The molecule has 0 aliphatic heterocycles. The molecular weight excluding hydrogens is 377 g/mol. The van der Waals surface area contributed by atoms with E-state index < -0.39 is 5.97 Å². The number of methoxy groups -OCH3 is 1. The first kappa shape index (κ1) is 20.1. The zero-order chi connectivity index (χ0) is 18.9. The Morgan fingerprint density at radius 1 is 1.00 bits per heavy atom. The zero-order valence-corrected chi connectivity index (χ0v) is 15.8. The number of rotatable bonds is 8. The van der Waals surface area contributed by atoms with Gasteiger partial charge in [-0.15, -0.1) is 0 Å². The van der Waals surface area contributed by atoms with Crippen molar-refractivity contribution in [3.63, 3.8) is 0 Å². The van der Waals surface area contributed by atoms with Crippen molar-refractivity contribution in [3.8, 4) is 5.75 Å². The summed E-state index contributed by atoms with van der Waals surface area (Å²) >= 11 is 11.7. The molecule has 0 saturated heterocycles. The van der Waals surface area contributed by atoms with Crippen LogP contribution in [0.5, 0.6) is 5.75 Å². The second-order valence-corrected chi connectivity index (χ2v) is 6.35. The quantitative estimate of drug-likeness (QED) is 0.695. The third-order valence-corrected chi connectivity index (χ3v) is 4.33. The van der Waals surface area contributed by atoms with Crippen LogP contribution in [0.3, 0.4) is 0 Å². The standard InChI is InChI=1S/C19H19Cl2NO4/c1-25-15-5-2-13(3-6-15)8-9-22-18(23)12-26-19(24)11-14-4-7-16(20)17(21)10-14/h2-7,10H,8-9,11-12H2,1H3,(H,22,23). The molecule has 0 aromatic heterocycles. The van der Waals surface area contributed by atoms with E-state index in [-0.39, 0.29) is 18.9 Å². The lowest BCUT2D eigenvalue weighted by Crippen LogP contribution is -2.30. The highest BCUT2D eigenvalue weighted by Gasteiger charge is 2.09. The molecule has 0 atom stereocenters. The SMILES string of the molecule is COc1ccc(CCNC(=O)COC(=O)Cc2ccc(Cl)c(Cl)c2)cc1. The van der Waals surface area contributed by atoms with Gasteiger partial charge in [0.25, 0.3) is 5.91 Å². The first-order chi connectivity index (χ1) is 12.5. The molecule has 0 saturated carbocycles. The summed E-state index contributed by atoms with van der Waals surface area (Å²) in [5.74, 6) is -0.0682. The van der Waals surface area contributed by atoms with Crippen LogP contribution in [0.4, 0.5) is 0 Å². The molecule has 0 fully saturated rings. The molecule has 7 heteroatoms. The summed E-state index contributed by atoms with van der Waals surface area (Å²) in [6.07, 6.45) is 0.697. The van der Waals surface area contributed by atoms with Gasteiger partial charge in [0.15, 0.2) is 6.61 Å². The zero-order valence-electron chi connectivity index (χ0n) is 14.3. The van der Waals surface area contributed by atoms with Crippen LogP contribution >= 0.6 is 23.2 Å². The van der Waals surface area contributed by atoms with Crippen LogP contribution in [-0.4, -0.2) is 32.1 Å². The summed E-state index contributed by atoms with van der Waals surface area (Å²) in [7, 11) is 1.61. The first-order valence-electron chi connectivity index (χ1n) is 7.97. The van der Waals surface area contributed by atoms with Crippen molar-refractivity contribution >= 4 is 35.1 Å². The van der Waals surface area contributed by atoms with Crippen LogP contribution in [0.2, 0.25) is 10.0 Å². The Labute approximate surface area is 162 Å². The van der Waals surface area contributed by atoms with E-state index in [4.69, 9.17) is 32.7 Å². The van der Waals surface area contributed by atoms with Gasteiger partial charge in [0.2, 0.25) is 0 Å². The fraction of sp³-hybridized carbons (Fsp3) is 0.263. The molecule has 1 amide bonds. The lowest BCUT2D eigenvalue weighted by molar-refractivity contribution is -0.147. The molecule has 2 aromatic carbocycles. The Morgan fingerprint density at radius 2 is 1.69 bits per heavy atom. The summed E-state index contributed by atoms with van der Waals surface area (Å²) in [4.78, 5) is 23.5. The van der Waals surface area contributed by atoms with E-state index in [0.29, 0.717) is 28.6 Å². The molecule has 0 bridgehead atoms. The number of hydrogen-bond acceptors (Lipinski definition) is 4. The van der Waals surface area contributed by atoms with Gasteiger partial charge in [-0.1, -0.05) is 41.4 Å². The Bertz CT molecular complexity index is 763. The fourth-order valence-corrected chi connectivity index (χ4v) is 2.52. The molecule has 26 heavy (non-hydrogen) atoms. The van der Waals surface area contributed by atoms with E-state index in [2.05, 4.69) is 5.32 Å². The second kappa shape index (κ2) is 10.0. The van der Waals surface area contributed by atoms with E-state index in [1.54, 1.807) is 25.3 Å². The van der Waals surface area contributed by atoms with Gasteiger partial charge in [0.1, 0.15) is 5.75 Å². The van der Waals surface area contributed by atoms with Crippen molar-refractivity contribution in [1.82, 2.24) is 5.32 Å². The Balaban J connectivity index is 1.67. The van der Waals surface area contributed by atoms with Crippen molar-refractivity contribution < 1.29 is 19.1 Å². The normalized spacial score (nSPS) is 10.3. The summed E-state index contributed by atoms with van der Waals surface area (Å²) in [5, 5.41) is 3.50. The molecule has 0 radical (unpaired) electrons. The van der Waals surface area contributed by atoms with E-state index in [0.717, 1.165) is 11.3 Å². The van der Waals surface area contributed by atoms with Gasteiger partial charge in [-0.3, -0.25) is 9.59 Å². The lowest BCUT2D eigenvalue weighted by Gasteiger charge is -2.08. The minimum Gasteiger partial charge on any atom is -0.497 e. The van der Waals surface area contributed by atoms with Crippen molar-refractivity contribution in [2.75, 3.05) is 20.3 Å². The number of benzene rings is 2. The topological polar surface area (TPSA) is 64.6 Å². The summed E-state index contributed by atoms with van der Waals surface area (Å²) in [6.45, 7) is 0.137. The molecule has 0 aliphatic carbocycles. The molecule has 2 rings (SSSR count). The van der Waals surface area contributed by atoms with Crippen LogP contribution < -0.4 is 10.1 Å². The number of amides is 1. The summed E-state index contributed by atoms with van der Waals surface area (Å²) in [6, 6.07) is 12.5. The number of carbonyl (C=O) groups excluding carboxylic acids is 2. The molecule has 1 N–H and O–H groups in total. The van der Waals surface area contributed by atoms with Crippen molar-refractivity contribution in [2.45, 2.75) is 12.8 Å². The van der Waals surface area contributed by atoms with E-state index in [1.165, 1.54) is 0 Å². The predicted octanol–water partition coefficient (Wildman–Crippen LogP) is 3.45. The van der Waals surface area contributed by atoms with Crippen molar-refractivity contribution in [2.24, 2.45) is 0 Å². The minimum atomic E-state index is -0.506. The third-order valence-electron chi connectivity index (χ3n) is 3.59. The lowest BCUT2D eigenvalue weighted by atomic mass is 10.1. The second-order valence-electron chi connectivity index (χ2n) is 5.53. The molecule has 2 aromatic rings. The van der Waals surface area contributed by atoms with Gasteiger partial charge in [-0.05, 0) is 41.8 Å². The summed E-state index contributed by atoms with van der Waals surface area (Å²) < 4.78 is 10.1. The van der Waals surface area contributed by atoms with E-state index in [9.17, 15) is 9.59 Å². The Kier molecular flexibility index (Phi) is 7.75. The third kappa shape index (κ3) is 6.58. The molecule has 0 unspecified atom stereocenters. The molecule has 0 heterocycles. The van der Waals surface area contributed by atoms with Gasteiger partial charge < -0.3 is 14.8 Å². The maximum absolute atomic E-state index is 11.8. The van der Waals surface area contributed by atoms with Crippen LogP contribution in [0.15, 0.2) is 42.5 Å². The van der Waals surface area contributed by atoms with E-state index in [1.807, 2.05) is 24.3 Å². The van der Waals surface area contributed by atoms with Crippen LogP contribution in [-0.2, 0) is 27.2 Å². The fourth-order valence-electron chi connectivity index (χ4n) is 2.20. The van der Waals surface area contributed by atoms with Gasteiger partial charge in [-0.25, -0.2) is 0 Å². The molecule has 138 valence electrons. The number of carbonyl (C=O) groups is 2. The number of hydrogen-bond donors (Lipinski definition) is 1. The highest BCUT2D eigenvalue weighted by Crippen LogP contribution is 2.22. The number of nitrogens with one attached hydrogen (secondary N) is 1. The first-order valence-corrected chi connectivity index (χ1v) is 8.72. The Hall–Kier alpha value is -2.24. The predicted molar refractivity (Wildman–Crippen MR) is 101 cm³/mol. The van der Waals surface area contributed by atoms with Crippen LogP contribution in [0.25, 0.3) is 0 Å². The van der Waals surface area contributed by atoms with Crippen LogP contribution in [0.1, 0.15) is 11.1 Å². The van der Waals surface area contributed by atoms with Gasteiger partial charge >= 0.3 is 5.97 Å². The minimum absolute atomic E-state index is 0.0238. The summed E-state index contributed by atoms with van der Waals surface area (Å²) in [5.41, 5.74) is 1.74. The van der Waals surface area contributed by atoms with Crippen molar-refractivity contribution in [3.05, 3.63) is 63.6 Å². The maximum Gasteiger partial charge on any atom is 0.310 e. The average Bonchev–Trinajstić information content (AvgIpc) is 2.63. The van der Waals surface area contributed by atoms with E-state index >= 15 is 0 Å². The smallest absolute Gasteiger partial charge is 0.310 e. The highest BCUT2D eigenvalue weighted by atomic mass is 35.5. The maximum atomic E-state index is 11.8. The van der Waals surface area contributed by atoms with Crippen LogP contribution in [0, 0.1) is 0 Å². The van der Waals surface area contributed by atoms with Gasteiger partial charge in [-0.2, -0.15) is 0 Å². The molecule has 0 aliphatic rings. The average molecular weight is 396 g/mol. The number of ether oxygens (including phenoxy) is 2. The Morgan fingerprint density at radius 3 is 2.35 bits per heavy atom. The van der Waals surface area contributed by atoms with Gasteiger partial charge in [0.05, 0.1) is 23.6 Å². The largest absolute Gasteiger partial charge is 0.497 e. The molecular formula is C19H19Cl2NO4. The molecule has 5 nitrogen and oxygen atoms in total. The number of esters is 1.